The number of nitrogens with one attached hydrogen (secondary N) is 1. The lowest BCUT2D eigenvalue weighted by molar-refractivity contribution is -0.141. The van der Waals surface area contributed by atoms with Crippen LogP contribution in [0.4, 0.5) is 0 Å². The van der Waals surface area contributed by atoms with Gasteiger partial charge >= 0.3 is 11.9 Å². The van der Waals surface area contributed by atoms with Crippen LogP contribution in [-0.2, 0) is 28.5 Å². The van der Waals surface area contributed by atoms with Crippen molar-refractivity contribution in [2.45, 2.75) is 39.5 Å². The van der Waals surface area contributed by atoms with E-state index < -0.39 is 17.9 Å². The number of hydrogen-bond acceptors (Lipinski definition) is 7. The molecule has 0 unspecified atom stereocenters. The third-order valence-corrected chi connectivity index (χ3v) is 5.18. The van der Waals surface area contributed by atoms with Gasteiger partial charge in [-0.25, -0.2) is 9.59 Å². The number of dihydropyridines is 1. The van der Waals surface area contributed by atoms with Gasteiger partial charge in [0, 0.05) is 25.6 Å². The molecule has 170 valence electrons. The summed E-state index contributed by atoms with van der Waals surface area (Å²) in [7, 11) is 3.08. The summed E-state index contributed by atoms with van der Waals surface area (Å²) in [4.78, 5) is 26.0. The Balaban J connectivity index is 2.48. The molecule has 1 N–H and O–H groups in total. The largest absolute Gasteiger partial charge is 0.460 e. The molecule has 1 aliphatic rings. The van der Waals surface area contributed by atoms with Gasteiger partial charge in [0.1, 0.15) is 13.2 Å². The van der Waals surface area contributed by atoms with Gasteiger partial charge in [-0.05, 0) is 30.9 Å². The number of esters is 2. The quantitative estimate of drug-likeness (QED) is 0.449. The van der Waals surface area contributed by atoms with E-state index in [-0.39, 0.29) is 13.2 Å². The van der Waals surface area contributed by atoms with Crippen LogP contribution < -0.4 is 5.32 Å². The van der Waals surface area contributed by atoms with Gasteiger partial charge in [0.25, 0.3) is 0 Å². The third-order valence-electron chi connectivity index (χ3n) is 5.18. The van der Waals surface area contributed by atoms with Gasteiger partial charge in [-0.2, -0.15) is 0 Å². The first-order valence-corrected chi connectivity index (χ1v) is 10.4. The van der Waals surface area contributed by atoms with E-state index in [9.17, 15) is 9.59 Å². The number of methoxy groups -OCH3 is 2. The van der Waals surface area contributed by atoms with E-state index in [1.54, 1.807) is 28.1 Å². The van der Waals surface area contributed by atoms with E-state index in [0.29, 0.717) is 41.7 Å². The third kappa shape index (κ3) is 6.18. The molecule has 7 heteroatoms. The van der Waals surface area contributed by atoms with Crippen molar-refractivity contribution >= 4 is 11.9 Å². The van der Waals surface area contributed by atoms with E-state index in [0.717, 1.165) is 5.56 Å². The van der Waals surface area contributed by atoms with Crippen molar-refractivity contribution in [1.82, 2.24) is 5.32 Å². The molecular formula is C24H33NO6. The lowest BCUT2D eigenvalue weighted by Crippen LogP contribution is -2.33. The van der Waals surface area contributed by atoms with Crippen LogP contribution in [0.3, 0.4) is 0 Å². The number of benzene rings is 1. The topological polar surface area (TPSA) is 83.1 Å². The summed E-state index contributed by atoms with van der Waals surface area (Å²) in [5.41, 5.74) is 4.06. The highest BCUT2D eigenvalue weighted by Gasteiger charge is 2.38. The van der Waals surface area contributed by atoms with E-state index >= 15 is 0 Å². The first kappa shape index (κ1) is 24.6. The lowest BCUT2D eigenvalue weighted by atomic mass is 9.80. The second-order valence-electron chi connectivity index (χ2n) is 7.71. The van der Waals surface area contributed by atoms with E-state index in [1.165, 1.54) is 5.56 Å². The Morgan fingerprint density at radius 3 is 1.68 bits per heavy atom. The molecule has 1 heterocycles. The normalized spacial score (nSPS) is 14.7. The smallest absolute Gasteiger partial charge is 0.336 e. The molecule has 0 spiro atoms. The summed E-state index contributed by atoms with van der Waals surface area (Å²) in [6, 6.07) is 7.95. The SMILES string of the molecule is COCCOC(=O)C1=C(C)NC(C)=C(C(=O)OCCOC)C1c1ccc(C(C)C)cc1. The van der Waals surface area contributed by atoms with Crippen molar-refractivity contribution in [3.05, 3.63) is 57.9 Å². The van der Waals surface area contributed by atoms with Crippen LogP contribution in [0.5, 0.6) is 0 Å². The van der Waals surface area contributed by atoms with Crippen LogP contribution in [-0.4, -0.2) is 52.6 Å². The minimum absolute atomic E-state index is 0.126. The van der Waals surface area contributed by atoms with Crippen LogP contribution in [0.1, 0.15) is 50.7 Å². The maximum Gasteiger partial charge on any atom is 0.336 e. The van der Waals surface area contributed by atoms with Crippen LogP contribution in [0, 0.1) is 0 Å². The number of hydrogen-bond donors (Lipinski definition) is 1. The van der Waals surface area contributed by atoms with Gasteiger partial charge in [0.2, 0.25) is 0 Å². The predicted octanol–water partition coefficient (Wildman–Crippen LogP) is 3.42. The summed E-state index contributed by atoms with van der Waals surface area (Å²) in [6.45, 7) is 8.68. The first-order valence-electron chi connectivity index (χ1n) is 10.4. The van der Waals surface area contributed by atoms with Crippen molar-refractivity contribution in [2.75, 3.05) is 40.6 Å². The first-order chi connectivity index (χ1) is 14.8. The van der Waals surface area contributed by atoms with Crippen LogP contribution in [0.15, 0.2) is 46.8 Å². The lowest BCUT2D eigenvalue weighted by Gasteiger charge is -2.30. The Morgan fingerprint density at radius 1 is 0.839 bits per heavy atom. The molecule has 0 amide bonds. The number of carbonyl (C=O) groups is 2. The summed E-state index contributed by atoms with van der Waals surface area (Å²) in [5, 5.41) is 3.15. The number of rotatable bonds is 10. The maximum atomic E-state index is 13.0. The average Bonchev–Trinajstić information content (AvgIpc) is 2.73. The number of ether oxygens (including phenoxy) is 4. The summed E-state index contributed by atoms with van der Waals surface area (Å²) in [6.07, 6.45) is 0. The van der Waals surface area contributed by atoms with Gasteiger partial charge in [0.05, 0.1) is 30.3 Å². The molecule has 1 aromatic rings. The molecule has 31 heavy (non-hydrogen) atoms. The van der Waals surface area contributed by atoms with E-state index in [4.69, 9.17) is 18.9 Å². The summed E-state index contributed by atoms with van der Waals surface area (Å²) < 4.78 is 20.8. The van der Waals surface area contributed by atoms with Gasteiger partial charge in [-0.1, -0.05) is 38.1 Å². The Bertz CT molecular complexity index is 794. The zero-order valence-corrected chi connectivity index (χ0v) is 19.2. The van der Waals surface area contributed by atoms with E-state index in [2.05, 4.69) is 19.2 Å². The fraction of sp³-hybridized carbons (Fsp3) is 0.500. The van der Waals surface area contributed by atoms with Crippen LogP contribution in [0.2, 0.25) is 0 Å². The number of carbonyl (C=O) groups excluding carboxylic acids is 2. The molecule has 0 bridgehead atoms. The summed E-state index contributed by atoms with van der Waals surface area (Å²) in [5.74, 6) is -1.22. The van der Waals surface area contributed by atoms with Gasteiger partial charge < -0.3 is 24.3 Å². The second kappa shape index (κ2) is 11.7. The molecule has 0 radical (unpaired) electrons. The molecule has 0 atom stereocenters. The average molecular weight is 432 g/mol. The Hall–Kier alpha value is -2.64. The monoisotopic (exact) mass is 431 g/mol. The highest BCUT2D eigenvalue weighted by Crippen LogP contribution is 2.39. The van der Waals surface area contributed by atoms with Gasteiger partial charge in [-0.3, -0.25) is 0 Å². The molecule has 2 rings (SSSR count). The molecule has 0 aliphatic carbocycles. The van der Waals surface area contributed by atoms with E-state index in [1.807, 2.05) is 24.3 Å². The molecule has 0 aromatic heterocycles. The van der Waals surface area contributed by atoms with Crippen LogP contribution in [0.25, 0.3) is 0 Å². The molecule has 7 nitrogen and oxygen atoms in total. The number of allylic oxidation sites excluding steroid dienone is 2. The van der Waals surface area contributed by atoms with Gasteiger partial charge in [0.15, 0.2) is 0 Å². The zero-order valence-electron chi connectivity index (χ0n) is 19.2. The minimum Gasteiger partial charge on any atom is -0.460 e. The molecule has 1 aliphatic heterocycles. The Morgan fingerprint density at radius 2 is 1.29 bits per heavy atom. The fourth-order valence-corrected chi connectivity index (χ4v) is 3.53. The van der Waals surface area contributed by atoms with Crippen molar-refractivity contribution in [3.8, 4) is 0 Å². The predicted molar refractivity (Wildman–Crippen MR) is 117 cm³/mol. The molecule has 0 saturated heterocycles. The molecular weight excluding hydrogens is 398 g/mol. The van der Waals surface area contributed by atoms with Crippen molar-refractivity contribution in [1.29, 1.82) is 0 Å². The van der Waals surface area contributed by atoms with Crippen molar-refractivity contribution in [3.63, 3.8) is 0 Å². The van der Waals surface area contributed by atoms with Crippen molar-refractivity contribution < 1.29 is 28.5 Å². The maximum absolute atomic E-state index is 13.0. The minimum atomic E-state index is -0.604. The Kier molecular flexibility index (Phi) is 9.27. The standard InChI is InChI=1S/C24H33NO6/c1-15(2)18-7-9-19(10-8-18)22-20(23(26)30-13-11-28-5)16(3)25-17(4)21(22)24(27)31-14-12-29-6/h7-10,15,22,25H,11-14H2,1-6H3. The zero-order chi connectivity index (χ0) is 23.0. The highest BCUT2D eigenvalue weighted by molar-refractivity contribution is 5.99. The van der Waals surface area contributed by atoms with Gasteiger partial charge in [-0.15, -0.1) is 0 Å². The molecule has 0 saturated carbocycles. The second-order valence-corrected chi connectivity index (χ2v) is 7.71. The molecule has 0 fully saturated rings. The highest BCUT2D eigenvalue weighted by atomic mass is 16.6. The molecule has 1 aromatic carbocycles. The Labute approximate surface area is 184 Å². The summed E-state index contributed by atoms with van der Waals surface area (Å²) >= 11 is 0. The fourth-order valence-electron chi connectivity index (χ4n) is 3.53. The van der Waals surface area contributed by atoms with Crippen LogP contribution >= 0.6 is 0 Å². The van der Waals surface area contributed by atoms with Crippen molar-refractivity contribution in [2.24, 2.45) is 0 Å².